The van der Waals surface area contributed by atoms with Gasteiger partial charge in [-0.1, -0.05) is 71.6 Å². The van der Waals surface area contributed by atoms with Gasteiger partial charge in [0.15, 0.2) is 0 Å². The molecular weight excluding hydrogens is 300 g/mol. The summed E-state index contributed by atoms with van der Waals surface area (Å²) in [6.45, 7) is 10.5. The summed E-state index contributed by atoms with van der Waals surface area (Å²) in [7, 11) is 0. The summed E-state index contributed by atoms with van der Waals surface area (Å²) in [6, 6.07) is 0. The standard InChI is InChI=1S/C20H41N2S/c1-4-7-8-9-10-11-12-13-14-15-18-23-19-22-17-16-21(6-3)20(22)5-2/h4-19H2,1-3H3/q+1. The van der Waals surface area contributed by atoms with E-state index in [2.05, 4.69) is 42.0 Å². The Balaban J connectivity index is 1.92. The normalized spacial score (nSPS) is 15.0. The Labute approximate surface area is 150 Å². The van der Waals surface area contributed by atoms with E-state index in [9.17, 15) is 0 Å². The van der Waals surface area contributed by atoms with Crippen molar-refractivity contribution in [2.75, 3.05) is 31.3 Å². The fourth-order valence-electron chi connectivity index (χ4n) is 3.49. The molecule has 1 rings (SSSR count). The second-order valence-electron chi connectivity index (χ2n) is 6.83. The van der Waals surface area contributed by atoms with Gasteiger partial charge in [-0.15, -0.1) is 11.8 Å². The fourth-order valence-corrected chi connectivity index (χ4v) is 4.53. The number of amidine groups is 1. The maximum atomic E-state index is 2.60. The van der Waals surface area contributed by atoms with Crippen LogP contribution >= 0.6 is 11.8 Å². The van der Waals surface area contributed by atoms with E-state index in [-0.39, 0.29) is 0 Å². The van der Waals surface area contributed by atoms with Crippen LogP contribution in [-0.2, 0) is 0 Å². The molecule has 0 N–H and O–H groups in total. The maximum absolute atomic E-state index is 2.60. The Kier molecular flexibility index (Phi) is 12.9. The Bertz CT molecular complexity index is 315. The van der Waals surface area contributed by atoms with Crippen molar-refractivity contribution in [2.45, 2.75) is 91.4 Å². The van der Waals surface area contributed by atoms with Crippen molar-refractivity contribution in [3.05, 3.63) is 0 Å². The number of hydrogen-bond donors (Lipinski definition) is 0. The Hall–Kier alpha value is -0.180. The van der Waals surface area contributed by atoms with Crippen molar-refractivity contribution >= 4 is 17.6 Å². The zero-order valence-corrected chi connectivity index (χ0v) is 16.9. The van der Waals surface area contributed by atoms with E-state index in [0.717, 1.165) is 0 Å². The molecule has 23 heavy (non-hydrogen) atoms. The van der Waals surface area contributed by atoms with E-state index in [1.807, 2.05) is 0 Å². The van der Waals surface area contributed by atoms with Crippen LogP contribution in [0.25, 0.3) is 0 Å². The molecule has 0 radical (unpaired) electrons. The van der Waals surface area contributed by atoms with Gasteiger partial charge in [-0.25, -0.2) is 0 Å². The highest BCUT2D eigenvalue weighted by Gasteiger charge is 2.26. The lowest BCUT2D eigenvalue weighted by Crippen LogP contribution is -2.28. The van der Waals surface area contributed by atoms with Gasteiger partial charge in [-0.05, 0) is 19.1 Å². The lowest BCUT2D eigenvalue weighted by atomic mass is 10.1. The summed E-state index contributed by atoms with van der Waals surface area (Å²) in [5.41, 5.74) is 0. The van der Waals surface area contributed by atoms with Crippen molar-refractivity contribution < 1.29 is 4.58 Å². The molecule has 0 aliphatic carbocycles. The molecule has 3 heteroatoms. The number of hydrogen-bond acceptors (Lipinski definition) is 2. The molecule has 0 unspecified atom stereocenters. The second kappa shape index (κ2) is 14.2. The summed E-state index contributed by atoms with van der Waals surface area (Å²) in [6.07, 6.45) is 15.6. The summed E-state index contributed by atoms with van der Waals surface area (Å²) in [4.78, 5) is 2.54. The Morgan fingerprint density at radius 3 is 2.04 bits per heavy atom. The van der Waals surface area contributed by atoms with Crippen LogP contribution < -0.4 is 0 Å². The van der Waals surface area contributed by atoms with Crippen LogP contribution in [0.15, 0.2) is 0 Å². The molecule has 1 heterocycles. The summed E-state index contributed by atoms with van der Waals surface area (Å²) < 4.78 is 2.60. The molecule has 0 aromatic heterocycles. The highest BCUT2D eigenvalue weighted by atomic mass is 32.2. The average Bonchev–Trinajstić information content (AvgIpc) is 2.97. The van der Waals surface area contributed by atoms with Gasteiger partial charge in [0.25, 0.3) is 0 Å². The molecule has 0 amide bonds. The predicted octanol–water partition coefficient (Wildman–Crippen LogP) is 5.75. The van der Waals surface area contributed by atoms with Crippen molar-refractivity contribution in [3.63, 3.8) is 0 Å². The van der Waals surface area contributed by atoms with Gasteiger partial charge < -0.3 is 0 Å². The molecule has 0 saturated heterocycles. The first-order valence-corrected chi connectivity index (χ1v) is 11.4. The molecule has 0 fully saturated rings. The first-order valence-electron chi connectivity index (χ1n) is 10.3. The molecule has 1 aliphatic heterocycles. The van der Waals surface area contributed by atoms with Gasteiger partial charge in [-0.3, -0.25) is 9.48 Å². The Morgan fingerprint density at radius 1 is 0.870 bits per heavy atom. The molecule has 0 atom stereocenters. The maximum Gasteiger partial charge on any atom is 0.247 e. The first kappa shape index (κ1) is 20.9. The first-order chi connectivity index (χ1) is 11.3. The van der Waals surface area contributed by atoms with Crippen LogP contribution in [0, 0.1) is 0 Å². The zero-order chi connectivity index (χ0) is 16.8. The third kappa shape index (κ3) is 9.02. The molecule has 2 nitrogen and oxygen atoms in total. The minimum Gasteiger partial charge on any atom is -0.262 e. The molecular formula is C20H41N2S+. The lowest BCUT2D eigenvalue weighted by Gasteiger charge is -2.09. The topological polar surface area (TPSA) is 6.25 Å². The molecule has 0 saturated carbocycles. The summed E-state index contributed by atoms with van der Waals surface area (Å²) in [5.74, 6) is 4.12. The lowest BCUT2D eigenvalue weighted by molar-refractivity contribution is -0.497. The molecule has 0 bridgehead atoms. The second-order valence-corrected chi connectivity index (χ2v) is 7.91. The number of unbranched alkanes of at least 4 members (excludes halogenated alkanes) is 9. The van der Waals surface area contributed by atoms with Crippen LogP contribution in [0.1, 0.15) is 91.4 Å². The zero-order valence-electron chi connectivity index (χ0n) is 16.1. The van der Waals surface area contributed by atoms with E-state index >= 15 is 0 Å². The average molecular weight is 342 g/mol. The smallest absolute Gasteiger partial charge is 0.247 e. The van der Waals surface area contributed by atoms with E-state index in [1.54, 1.807) is 5.84 Å². The van der Waals surface area contributed by atoms with Crippen LogP contribution in [0.4, 0.5) is 0 Å². The van der Waals surface area contributed by atoms with E-state index in [1.165, 1.54) is 102 Å². The molecule has 0 aromatic carbocycles. The van der Waals surface area contributed by atoms with Gasteiger partial charge in [0.1, 0.15) is 19.0 Å². The minimum absolute atomic E-state index is 1.17. The van der Waals surface area contributed by atoms with E-state index in [4.69, 9.17) is 0 Å². The molecule has 0 aromatic rings. The van der Waals surface area contributed by atoms with Crippen LogP contribution in [0.5, 0.6) is 0 Å². The largest absolute Gasteiger partial charge is 0.262 e. The highest BCUT2D eigenvalue weighted by molar-refractivity contribution is 7.99. The summed E-state index contributed by atoms with van der Waals surface area (Å²) in [5, 5.41) is 0. The minimum atomic E-state index is 1.17. The number of likely N-dealkylation sites (N-methyl/N-ethyl adjacent to an activating group) is 1. The Morgan fingerprint density at radius 2 is 1.48 bits per heavy atom. The third-order valence-electron chi connectivity index (χ3n) is 4.96. The molecule has 1 aliphatic rings. The number of rotatable bonds is 15. The van der Waals surface area contributed by atoms with Crippen molar-refractivity contribution in [2.24, 2.45) is 0 Å². The van der Waals surface area contributed by atoms with Gasteiger partial charge >= 0.3 is 0 Å². The van der Waals surface area contributed by atoms with Gasteiger partial charge in [0.2, 0.25) is 5.84 Å². The fraction of sp³-hybridized carbons (Fsp3) is 0.950. The third-order valence-corrected chi connectivity index (χ3v) is 6.03. The monoisotopic (exact) mass is 341 g/mol. The quantitative estimate of drug-likeness (QED) is 0.276. The van der Waals surface area contributed by atoms with Crippen LogP contribution in [-0.4, -0.2) is 46.6 Å². The van der Waals surface area contributed by atoms with Crippen molar-refractivity contribution in [3.8, 4) is 0 Å². The molecule has 0 spiro atoms. The van der Waals surface area contributed by atoms with Crippen LogP contribution in [0.2, 0.25) is 0 Å². The van der Waals surface area contributed by atoms with Crippen molar-refractivity contribution in [1.29, 1.82) is 0 Å². The number of nitrogens with zero attached hydrogens (tertiary/aromatic N) is 2. The molecule has 136 valence electrons. The van der Waals surface area contributed by atoms with Crippen LogP contribution in [0.3, 0.4) is 0 Å². The van der Waals surface area contributed by atoms with Gasteiger partial charge in [0.05, 0.1) is 6.54 Å². The van der Waals surface area contributed by atoms with E-state index < -0.39 is 0 Å². The highest BCUT2D eigenvalue weighted by Crippen LogP contribution is 2.14. The van der Waals surface area contributed by atoms with Gasteiger partial charge in [0, 0.05) is 6.42 Å². The number of thioether (sulfide) groups is 1. The van der Waals surface area contributed by atoms with Gasteiger partial charge in [-0.2, -0.15) is 0 Å². The van der Waals surface area contributed by atoms with Crippen molar-refractivity contribution in [1.82, 2.24) is 4.90 Å². The summed E-state index contributed by atoms with van der Waals surface area (Å²) >= 11 is 2.14. The SMILES string of the molecule is CCCCCCCCCCCCSC[N+]1=C(CC)N(CC)CC1. The predicted molar refractivity (Wildman–Crippen MR) is 107 cm³/mol. The van der Waals surface area contributed by atoms with E-state index in [0.29, 0.717) is 0 Å².